The van der Waals surface area contributed by atoms with Crippen LogP contribution in [0.15, 0.2) is 24.3 Å². The molecule has 0 unspecified atom stereocenters. The number of nitrogens with zero attached hydrogens (tertiary/aromatic N) is 2. The van der Waals surface area contributed by atoms with E-state index in [-0.39, 0.29) is 0 Å². The van der Waals surface area contributed by atoms with Crippen LogP contribution in [-0.2, 0) is 6.42 Å². The first kappa shape index (κ1) is 15.7. The van der Waals surface area contributed by atoms with Crippen LogP contribution in [-0.4, -0.2) is 22.6 Å². The van der Waals surface area contributed by atoms with Gasteiger partial charge in [0.25, 0.3) is 0 Å². The summed E-state index contributed by atoms with van der Waals surface area (Å²) >= 11 is 0. The second kappa shape index (κ2) is 6.54. The van der Waals surface area contributed by atoms with Gasteiger partial charge in [0.1, 0.15) is 5.82 Å². The summed E-state index contributed by atoms with van der Waals surface area (Å²) in [5.41, 5.74) is 16.7. The van der Waals surface area contributed by atoms with Crippen molar-refractivity contribution in [3.63, 3.8) is 0 Å². The van der Waals surface area contributed by atoms with E-state index in [9.17, 15) is 0 Å². The lowest BCUT2D eigenvalue weighted by Gasteiger charge is -2.32. The van der Waals surface area contributed by atoms with Gasteiger partial charge in [0, 0.05) is 24.6 Å². The van der Waals surface area contributed by atoms with Gasteiger partial charge in [0.15, 0.2) is 0 Å². The maximum absolute atomic E-state index is 5.86. The molecule has 5 N–H and O–H groups in total. The Hall–Kier alpha value is -2.14. The molecule has 0 amide bonds. The molecule has 1 fully saturated rings. The molecule has 0 saturated heterocycles. The first-order valence-electron chi connectivity index (χ1n) is 8.21. The van der Waals surface area contributed by atoms with Gasteiger partial charge in [-0.25, -0.2) is 4.98 Å². The molecule has 1 aliphatic carbocycles. The number of nitrogen functional groups attached to an aromatic ring is 1. The molecule has 1 saturated carbocycles. The summed E-state index contributed by atoms with van der Waals surface area (Å²) in [6.45, 7) is 5.09. The first-order valence-corrected chi connectivity index (χ1v) is 8.21. The Morgan fingerprint density at radius 1 is 1.17 bits per heavy atom. The SMILES string of the molecule is Cc1ccc(C)c(CCNc2cc(C3CC(N)C3)nc(N)n2)c1. The van der Waals surface area contributed by atoms with E-state index in [0.717, 1.165) is 37.3 Å². The van der Waals surface area contributed by atoms with E-state index in [1.165, 1.54) is 16.7 Å². The fourth-order valence-corrected chi connectivity index (χ4v) is 3.08. The molecule has 1 aromatic heterocycles. The van der Waals surface area contributed by atoms with E-state index in [0.29, 0.717) is 17.9 Å². The molecule has 0 bridgehead atoms. The summed E-state index contributed by atoms with van der Waals surface area (Å²) in [6, 6.07) is 8.87. The molecule has 23 heavy (non-hydrogen) atoms. The van der Waals surface area contributed by atoms with Crippen molar-refractivity contribution in [2.24, 2.45) is 5.73 Å². The molecule has 1 heterocycles. The number of hydrogen-bond donors (Lipinski definition) is 3. The van der Waals surface area contributed by atoms with Crippen LogP contribution < -0.4 is 16.8 Å². The van der Waals surface area contributed by atoms with E-state index in [1.54, 1.807) is 0 Å². The highest BCUT2D eigenvalue weighted by Crippen LogP contribution is 2.35. The van der Waals surface area contributed by atoms with Crippen LogP contribution >= 0.6 is 0 Å². The van der Waals surface area contributed by atoms with Crippen LogP contribution in [0.5, 0.6) is 0 Å². The van der Waals surface area contributed by atoms with Gasteiger partial charge in [-0.15, -0.1) is 0 Å². The first-order chi connectivity index (χ1) is 11.0. The van der Waals surface area contributed by atoms with Crippen molar-refractivity contribution in [1.29, 1.82) is 0 Å². The Bertz CT molecular complexity index is 692. The van der Waals surface area contributed by atoms with Gasteiger partial charge in [0.2, 0.25) is 5.95 Å². The summed E-state index contributed by atoms with van der Waals surface area (Å²) in [5.74, 6) is 1.56. The summed E-state index contributed by atoms with van der Waals surface area (Å²) in [5, 5.41) is 3.37. The maximum atomic E-state index is 5.86. The fraction of sp³-hybridized carbons (Fsp3) is 0.444. The topological polar surface area (TPSA) is 89.8 Å². The van der Waals surface area contributed by atoms with E-state index < -0.39 is 0 Å². The molecule has 0 aliphatic heterocycles. The van der Waals surface area contributed by atoms with Gasteiger partial charge in [0.05, 0.1) is 5.69 Å². The number of rotatable bonds is 5. The Kier molecular flexibility index (Phi) is 4.48. The van der Waals surface area contributed by atoms with E-state index >= 15 is 0 Å². The van der Waals surface area contributed by atoms with Crippen molar-refractivity contribution in [3.05, 3.63) is 46.6 Å². The average molecular weight is 311 g/mol. The summed E-state index contributed by atoms with van der Waals surface area (Å²) in [6.07, 6.45) is 2.93. The lowest BCUT2D eigenvalue weighted by atomic mass is 9.78. The molecule has 5 nitrogen and oxygen atoms in total. The minimum Gasteiger partial charge on any atom is -0.370 e. The predicted molar refractivity (Wildman–Crippen MR) is 94.5 cm³/mol. The maximum Gasteiger partial charge on any atom is 0.222 e. The Morgan fingerprint density at radius 2 is 1.96 bits per heavy atom. The van der Waals surface area contributed by atoms with Gasteiger partial charge in [-0.1, -0.05) is 23.8 Å². The normalized spacial score (nSPS) is 20.1. The second-order valence-corrected chi connectivity index (χ2v) is 6.57. The highest BCUT2D eigenvalue weighted by Gasteiger charge is 2.29. The van der Waals surface area contributed by atoms with Crippen LogP contribution in [0.4, 0.5) is 11.8 Å². The lowest BCUT2D eigenvalue weighted by molar-refractivity contribution is 0.345. The Labute approximate surface area is 137 Å². The van der Waals surface area contributed by atoms with Crippen LogP contribution in [0.25, 0.3) is 0 Å². The van der Waals surface area contributed by atoms with Crippen LogP contribution in [0, 0.1) is 13.8 Å². The van der Waals surface area contributed by atoms with E-state index in [4.69, 9.17) is 11.5 Å². The number of nitrogens with two attached hydrogens (primary N) is 2. The molecule has 3 rings (SSSR count). The quantitative estimate of drug-likeness (QED) is 0.789. The molecular weight excluding hydrogens is 286 g/mol. The second-order valence-electron chi connectivity index (χ2n) is 6.57. The molecule has 1 aromatic carbocycles. The van der Waals surface area contributed by atoms with Crippen molar-refractivity contribution < 1.29 is 0 Å². The highest BCUT2D eigenvalue weighted by atomic mass is 15.1. The van der Waals surface area contributed by atoms with Gasteiger partial charge in [-0.3, -0.25) is 0 Å². The van der Waals surface area contributed by atoms with Gasteiger partial charge in [-0.05, 0) is 44.2 Å². The molecule has 122 valence electrons. The molecule has 0 radical (unpaired) electrons. The summed E-state index contributed by atoms with van der Waals surface area (Å²) < 4.78 is 0. The lowest BCUT2D eigenvalue weighted by Crippen LogP contribution is -2.35. The average Bonchev–Trinajstić information content (AvgIpc) is 2.47. The third kappa shape index (κ3) is 3.79. The number of nitrogens with one attached hydrogen (secondary N) is 1. The highest BCUT2D eigenvalue weighted by molar-refractivity contribution is 5.42. The van der Waals surface area contributed by atoms with Crippen molar-refractivity contribution in [2.45, 2.75) is 45.1 Å². The minimum absolute atomic E-state index is 0.303. The van der Waals surface area contributed by atoms with Crippen LogP contribution in [0.3, 0.4) is 0 Å². The van der Waals surface area contributed by atoms with Gasteiger partial charge >= 0.3 is 0 Å². The third-order valence-electron chi connectivity index (χ3n) is 4.56. The molecule has 0 spiro atoms. The van der Waals surface area contributed by atoms with Gasteiger partial charge in [-0.2, -0.15) is 4.98 Å². The van der Waals surface area contributed by atoms with Crippen molar-refractivity contribution in [1.82, 2.24) is 9.97 Å². The standard InChI is InChI=1S/C18H25N5/c1-11-3-4-12(2)13(7-11)5-6-21-17-10-16(22-18(20)23-17)14-8-15(19)9-14/h3-4,7,10,14-15H,5-6,8-9,19H2,1-2H3,(H3,20,21,22,23). The minimum atomic E-state index is 0.303. The van der Waals surface area contributed by atoms with Crippen molar-refractivity contribution in [2.75, 3.05) is 17.6 Å². The number of anilines is 2. The number of aryl methyl sites for hydroxylation is 2. The predicted octanol–water partition coefficient (Wildman–Crippen LogP) is 2.53. The monoisotopic (exact) mass is 311 g/mol. The fourth-order valence-electron chi connectivity index (χ4n) is 3.08. The van der Waals surface area contributed by atoms with Gasteiger partial charge < -0.3 is 16.8 Å². The zero-order valence-corrected chi connectivity index (χ0v) is 13.8. The molecule has 5 heteroatoms. The summed E-state index contributed by atoms with van der Waals surface area (Å²) in [7, 11) is 0. The number of benzene rings is 1. The molecule has 1 aliphatic rings. The van der Waals surface area contributed by atoms with Crippen molar-refractivity contribution >= 4 is 11.8 Å². The Balaban J connectivity index is 1.63. The molecular formula is C18H25N5. The van der Waals surface area contributed by atoms with Crippen molar-refractivity contribution in [3.8, 4) is 0 Å². The summed E-state index contributed by atoms with van der Waals surface area (Å²) in [4.78, 5) is 8.64. The molecule has 0 atom stereocenters. The smallest absolute Gasteiger partial charge is 0.222 e. The van der Waals surface area contributed by atoms with E-state index in [2.05, 4.69) is 47.3 Å². The van der Waals surface area contributed by atoms with Crippen LogP contribution in [0.1, 0.15) is 41.1 Å². The van der Waals surface area contributed by atoms with E-state index in [1.807, 2.05) is 6.07 Å². The third-order valence-corrected chi connectivity index (χ3v) is 4.56. The van der Waals surface area contributed by atoms with Crippen LogP contribution in [0.2, 0.25) is 0 Å². The molecule has 2 aromatic rings. The largest absolute Gasteiger partial charge is 0.370 e. The number of hydrogen-bond acceptors (Lipinski definition) is 5. The zero-order chi connectivity index (χ0) is 16.4. The zero-order valence-electron chi connectivity index (χ0n) is 13.8. The Morgan fingerprint density at radius 3 is 2.70 bits per heavy atom. The number of aromatic nitrogens is 2.